The predicted molar refractivity (Wildman–Crippen MR) is 79.9 cm³/mol. The fourth-order valence-corrected chi connectivity index (χ4v) is 2.93. The van der Waals surface area contributed by atoms with Crippen LogP contribution in [-0.4, -0.2) is 42.9 Å². The zero-order chi connectivity index (χ0) is 15.7. The molecule has 0 spiro atoms. The van der Waals surface area contributed by atoms with E-state index in [9.17, 15) is 0 Å². The van der Waals surface area contributed by atoms with E-state index >= 15 is 0 Å². The number of aryl methyl sites for hydroxylation is 1. The van der Waals surface area contributed by atoms with Gasteiger partial charge in [0, 0.05) is 25.4 Å². The molecule has 0 atom stereocenters. The Kier molecular flexibility index (Phi) is 4.21. The summed E-state index contributed by atoms with van der Waals surface area (Å²) in [5.74, 6) is 3.78. The zero-order valence-electron chi connectivity index (χ0n) is 13.4. The standard InChI is InChI=1S/C14H23N7O/c1-4-21-13(17-18-14(21)10-5-11(15)6-10)8-20(3)7-12-16-9(2)22-19-12/h10-11H,4-8,15H2,1-3H3. The van der Waals surface area contributed by atoms with E-state index in [-0.39, 0.29) is 0 Å². The summed E-state index contributed by atoms with van der Waals surface area (Å²) < 4.78 is 7.20. The van der Waals surface area contributed by atoms with Gasteiger partial charge in [-0.15, -0.1) is 10.2 Å². The first-order valence-corrected chi connectivity index (χ1v) is 7.72. The Hall–Kier alpha value is -1.80. The van der Waals surface area contributed by atoms with Gasteiger partial charge in [0.1, 0.15) is 11.6 Å². The van der Waals surface area contributed by atoms with Gasteiger partial charge in [-0.3, -0.25) is 4.90 Å². The molecule has 0 radical (unpaired) electrons. The van der Waals surface area contributed by atoms with Crippen molar-refractivity contribution >= 4 is 0 Å². The summed E-state index contributed by atoms with van der Waals surface area (Å²) in [7, 11) is 2.01. The highest BCUT2D eigenvalue weighted by atomic mass is 16.5. The molecular weight excluding hydrogens is 282 g/mol. The molecule has 2 aromatic rings. The van der Waals surface area contributed by atoms with Crippen LogP contribution in [0.4, 0.5) is 0 Å². The van der Waals surface area contributed by atoms with Gasteiger partial charge in [0.05, 0.1) is 13.1 Å². The van der Waals surface area contributed by atoms with Crippen molar-refractivity contribution in [1.82, 2.24) is 29.8 Å². The molecule has 0 bridgehead atoms. The van der Waals surface area contributed by atoms with E-state index in [4.69, 9.17) is 10.3 Å². The minimum atomic E-state index is 0.319. The average molecular weight is 305 g/mol. The average Bonchev–Trinajstić information content (AvgIpc) is 3.01. The molecule has 8 nitrogen and oxygen atoms in total. The molecule has 2 N–H and O–H groups in total. The van der Waals surface area contributed by atoms with Crippen LogP contribution in [0.25, 0.3) is 0 Å². The van der Waals surface area contributed by atoms with Crippen molar-refractivity contribution < 1.29 is 4.52 Å². The lowest BCUT2D eigenvalue weighted by molar-refractivity contribution is 0.286. The molecule has 120 valence electrons. The van der Waals surface area contributed by atoms with E-state index in [2.05, 4.69) is 36.7 Å². The van der Waals surface area contributed by atoms with Crippen LogP contribution >= 0.6 is 0 Å². The second kappa shape index (κ2) is 6.13. The summed E-state index contributed by atoms with van der Waals surface area (Å²) in [5, 5.41) is 12.7. The highest BCUT2D eigenvalue weighted by molar-refractivity contribution is 5.08. The molecule has 3 rings (SSSR count). The van der Waals surface area contributed by atoms with E-state index in [0.29, 0.717) is 36.8 Å². The summed E-state index contributed by atoms with van der Waals surface area (Å²) in [4.78, 5) is 6.33. The van der Waals surface area contributed by atoms with Crippen molar-refractivity contribution in [2.75, 3.05) is 7.05 Å². The predicted octanol–water partition coefficient (Wildman–Crippen LogP) is 0.826. The summed E-state index contributed by atoms with van der Waals surface area (Å²) in [6.45, 7) is 6.11. The molecule has 0 amide bonds. The first-order valence-electron chi connectivity index (χ1n) is 7.72. The Morgan fingerprint density at radius 1 is 1.32 bits per heavy atom. The third-order valence-electron chi connectivity index (χ3n) is 4.10. The highest BCUT2D eigenvalue weighted by Crippen LogP contribution is 2.34. The SMILES string of the molecule is CCn1c(CN(C)Cc2noc(C)n2)nnc1C1CC(N)C1. The topological polar surface area (TPSA) is 98.9 Å². The lowest BCUT2D eigenvalue weighted by Gasteiger charge is -2.31. The molecule has 22 heavy (non-hydrogen) atoms. The van der Waals surface area contributed by atoms with Crippen molar-refractivity contribution in [2.24, 2.45) is 5.73 Å². The van der Waals surface area contributed by atoms with Crippen LogP contribution in [0.15, 0.2) is 4.52 Å². The van der Waals surface area contributed by atoms with Gasteiger partial charge in [-0.25, -0.2) is 0 Å². The molecule has 0 unspecified atom stereocenters. The maximum absolute atomic E-state index is 5.88. The van der Waals surface area contributed by atoms with Crippen LogP contribution < -0.4 is 5.73 Å². The number of nitrogens with two attached hydrogens (primary N) is 1. The van der Waals surface area contributed by atoms with Gasteiger partial charge in [0.25, 0.3) is 0 Å². The van der Waals surface area contributed by atoms with E-state index in [1.807, 2.05) is 7.05 Å². The number of aromatic nitrogens is 5. The Balaban J connectivity index is 1.66. The number of hydrogen-bond donors (Lipinski definition) is 1. The third kappa shape index (κ3) is 3.02. The second-order valence-corrected chi connectivity index (χ2v) is 6.05. The van der Waals surface area contributed by atoms with E-state index in [1.165, 1.54) is 0 Å². The Morgan fingerprint density at radius 2 is 2.09 bits per heavy atom. The minimum absolute atomic E-state index is 0.319. The van der Waals surface area contributed by atoms with E-state index in [0.717, 1.165) is 31.0 Å². The van der Waals surface area contributed by atoms with Gasteiger partial charge >= 0.3 is 0 Å². The molecule has 1 fully saturated rings. The van der Waals surface area contributed by atoms with Gasteiger partial charge < -0.3 is 14.8 Å². The zero-order valence-corrected chi connectivity index (χ0v) is 13.4. The first kappa shape index (κ1) is 15.1. The molecule has 2 heterocycles. The third-order valence-corrected chi connectivity index (χ3v) is 4.10. The van der Waals surface area contributed by atoms with Gasteiger partial charge in [-0.1, -0.05) is 5.16 Å². The Bertz CT molecular complexity index is 629. The van der Waals surface area contributed by atoms with Crippen LogP contribution in [0, 0.1) is 6.92 Å². The van der Waals surface area contributed by atoms with Crippen LogP contribution in [0.5, 0.6) is 0 Å². The fourth-order valence-electron chi connectivity index (χ4n) is 2.93. The highest BCUT2D eigenvalue weighted by Gasteiger charge is 2.32. The second-order valence-electron chi connectivity index (χ2n) is 6.05. The van der Waals surface area contributed by atoms with Gasteiger partial charge in [-0.05, 0) is 26.8 Å². The lowest BCUT2D eigenvalue weighted by Crippen LogP contribution is -2.36. The normalized spacial score (nSPS) is 21.3. The molecule has 1 saturated carbocycles. The van der Waals surface area contributed by atoms with E-state index in [1.54, 1.807) is 6.92 Å². The van der Waals surface area contributed by atoms with Crippen molar-refractivity contribution in [1.29, 1.82) is 0 Å². The van der Waals surface area contributed by atoms with E-state index < -0.39 is 0 Å². The summed E-state index contributed by atoms with van der Waals surface area (Å²) in [6.07, 6.45) is 2.02. The molecule has 1 aliphatic rings. The maximum Gasteiger partial charge on any atom is 0.223 e. The van der Waals surface area contributed by atoms with Gasteiger partial charge in [0.15, 0.2) is 5.82 Å². The van der Waals surface area contributed by atoms with Crippen molar-refractivity contribution in [3.8, 4) is 0 Å². The molecule has 0 aliphatic heterocycles. The number of nitrogens with zero attached hydrogens (tertiary/aromatic N) is 6. The van der Waals surface area contributed by atoms with Gasteiger partial charge in [0.2, 0.25) is 5.89 Å². The molecule has 0 aromatic carbocycles. The summed E-state index contributed by atoms with van der Waals surface area (Å²) in [6, 6.07) is 0.319. The van der Waals surface area contributed by atoms with Crippen molar-refractivity contribution in [3.05, 3.63) is 23.4 Å². The Labute approximate surface area is 129 Å². The van der Waals surface area contributed by atoms with Crippen molar-refractivity contribution in [3.63, 3.8) is 0 Å². The number of hydrogen-bond acceptors (Lipinski definition) is 7. The fraction of sp³-hybridized carbons (Fsp3) is 0.714. The molecule has 1 aliphatic carbocycles. The summed E-state index contributed by atoms with van der Waals surface area (Å²) >= 11 is 0. The van der Waals surface area contributed by atoms with Crippen LogP contribution in [0.1, 0.15) is 49.0 Å². The molecule has 0 saturated heterocycles. The smallest absolute Gasteiger partial charge is 0.223 e. The molecular formula is C14H23N7O. The summed E-state index contributed by atoms with van der Waals surface area (Å²) in [5.41, 5.74) is 5.88. The largest absolute Gasteiger partial charge is 0.340 e. The van der Waals surface area contributed by atoms with Crippen LogP contribution in [0.2, 0.25) is 0 Å². The van der Waals surface area contributed by atoms with Gasteiger partial charge in [-0.2, -0.15) is 4.98 Å². The lowest BCUT2D eigenvalue weighted by atomic mass is 9.80. The monoisotopic (exact) mass is 305 g/mol. The first-order chi connectivity index (χ1) is 10.6. The minimum Gasteiger partial charge on any atom is -0.340 e. The van der Waals surface area contributed by atoms with Crippen LogP contribution in [0.3, 0.4) is 0 Å². The van der Waals surface area contributed by atoms with Crippen LogP contribution in [-0.2, 0) is 19.6 Å². The molecule has 8 heteroatoms. The van der Waals surface area contributed by atoms with Crippen molar-refractivity contribution in [2.45, 2.75) is 58.3 Å². The maximum atomic E-state index is 5.88. The quantitative estimate of drug-likeness (QED) is 0.843. The Morgan fingerprint density at radius 3 is 2.68 bits per heavy atom. The number of rotatable bonds is 6. The molecule has 2 aromatic heterocycles.